The minimum absolute atomic E-state index is 0.161. The number of carbonyl (C=O) groups is 2. The van der Waals surface area contributed by atoms with Crippen LogP contribution in [0.4, 0.5) is 0 Å². The molecule has 0 radical (unpaired) electrons. The van der Waals surface area contributed by atoms with Crippen molar-refractivity contribution in [3.05, 3.63) is 35.7 Å². The molecule has 3 aromatic heterocycles. The van der Waals surface area contributed by atoms with E-state index in [4.69, 9.17) is 30.2 Å². The molecule has 1 saturated heterocycles. The molecule has 3 aromatic rings. The molecule has 0 amide bonds. The Morgan fingerprint density at radius 3 is 2.53 bits per heavy atom. The highest BCUT2D eigenvalue weighted by Crippen LogP contribution is 2.43. The van der Waals surface area contributed by atoms with Crippen LogP contribution < -0.4 is 0 Å². The Balaban J connectivity index is 1.80. The molecule has 158 valence electrons. The van der Waals surface area contributed by atoms with Gasteiger partial charge >= 0.3 is 11.9 Å². The number of aromatic nitrogens is 5. The average molecular weight is 436 g/mol. The van der Waals surface area contributed by atoms with Crippen molar-refractivity contribution in [3.63, 3.8) is 0 Å². The van der Waals surface area contributed by atoms with E-state index >= 15 is 0 Å². The van der Waals surface area contributed by atoms with Crippen LogP contribution >= 0.6 is 11.6 Å². The number of ether oxygens (including phenoxy) is 3. The summed E-state index contributed by atoms with van der Waals surface area (Å²) in [5.41, 5.74) is 0.710. The molecule has 12 heteroatoms. The van der Waals surface area contributed by atoms with E-state index in [0.717, 1.165) is 0 Å². The molecule has 0 aromatic carbocycles. The van der Waals surface area contributed by atoms with Gasteiger partial charge in [-0.3, -0.25) is 14.2 Å². The van der Waals surface area contributed by atoms with Gasteiger partial charge in [-0.05, 0) is 0 Å². The zero-order chi connectivity index (χ0) is 21.4. The van der Waals surface area contributed by atoms with E-state index in [1.807, 2.05) is 6.92 Å². The number of nitrogens with zero attached hydrogens (tertiary/aromatic N) is 5. The molecule has 0 N–H and O–H groups in total. The van der Waals surface area contributed by atoms with Crippen LogP contribution in [0.3, 0.4) is 0 Å². The third-order valence-corrected chi connectivity index (χ3v) is 4.82. The van der Waals surface area contributed by atoms with Crippen LogP contribution in [0, 0.1) is 0 Å². The minimum atomic E-state index is -1.01. The van der Waals surface area contributed by atoms with E-state index in [1.165, 1.54) is 31.1 Å². The van der Waals surface area contributed by atoms with Gasteiger partial charge in [0.15, 0.2) is 35.3 Å². The molecule has 0 aliphatic carbocycles. The van der Waals surface area contributed by atoms with Crippen molar-refractivity contribution < 1.29 is 28.2 Å². The van der Waals surface area contributed by atoms with Gasteiger partial charge in [-0.15, -0.1) is 0 Å². The van der Waals surface area contributed by atoms with E-state index in [-0.39, 0.29) is 11.0 Å². The first-order valence-corrected chi connectivity index (χ1v) is 9.54. The Bertz CT molecular complexity index is 1100. The number of imidazole rings is 1. The monoisotopic (exact) mass is 435 g/mol. The van der Waals surface area contributed by atoms with Gasteiger partial charge in [0.25, 0.3) is 0 Å². The molecule has 11 nitrogen and oxygen atoms in total. The quantitative estimate of drug-likeness (QED) is 0.433. The van der Waals surface area contributed by atoms with Crippen LogP contribution in [0.25, 0.3) is 11.2 Å². The maximum Gasteiger partial charge on any atom is 0.303 e. The fraction of sp³-hybridized carbons (Fsp3) is 0.444. The topological polar surface area (TPSA) is 131 Å². The minimum Gasteiger partial charge on any atom is -0.455 e. The Morgan fingerprint density at radius 1 is 1.13 bits per heavy atom. The van der Waals surface area contributed by atoms with Gasteiger partial charge in [0.05, 0.1) is 12.5 Å². The molecule has 0 bridgehead atoms. The Kier molecular flexibility index (Phi) is 5.39. The third kappa shape index (κ3) is 3.61. The van der Waals surface area contributed by atoms with Gasteiger partial charge in [0.2, 0.25) is 5.89 Å². The van der Waals surface area contributed by atoms with Gasteiger partial charge in [-0.25, -0.2) is 19.9 Å². The first kappa shape index (κ1) is 20.2. The fourth-order valence-corrected chi connectivity index (χ4v) is 3.50. The zero-order valence-electron chi connectivity index (χ0n) is 16.3. The predicted molar refractivity (Wildman–Crippen MR) is 100 cm³/mol. The number of halogens is 1. The molecule has 4 atom stereocenters. The SMILES string of the molecule is CCc1cnc([C@H]2O[C@@H](n3cnc4c(Cl)ncnc43)[C@H](OC(C)=O)[C@H]2OC(C)=O)o1. The summed E-state index contributed by atoms with van der Waals surface area (Å²) in [5.74, 6) is -0.315. The standard InChI is InChI=1S/C18H18ClN5O6/c1-4-10-5-20-17(29-10)13-12(27-8(2)25)14(28-9(3)26)18(30-13)24-7-23-11-15(19)21-6-22-16(11)24/h5-7,12-14,18H,4H2,1-3H3/t12-,13-,14+,18+/m0/s1. The summed E-state index contributed by atoms with van der Waals surface area (Å²) in [6.45, 7) is 4.41. The Labute approximate surface area is 175 Å². The predicted octanol–water partition coefficient (Wildman–Crippen LogP) is 2.16. The van der Waals surface area contributed by atoms with Crippen LogP contribution in [0.1, 0.15) is 44.8 Å². The molecule has 0 spiro atoms. The van der Waals surface area contributed by atoms with Crippen molar-refractivity contribution in [1.29, 1.82) is 0 Å². The average Bonchev–Trinajstić information content (AvgIpc) is 3.40. The number of oxazole rings is 1. The van der Waals surface area contributed by atoms with Crippen molar-refractivity contribution in [1.82, 2.24) is 24.5 Å². The lowest BCUT2D eigenvalue weighted by Gasteiger charge is -2.23. The van der Waals surface area contributed by atoms with Crippen molar-refractivity contribution in [2.45, 2.75) is 51.7 Å². The summed E-state index contributed by atoms with van der Waals surface area (Å²) in [4.78, 5) is 40.2. The van der Waals surface area contributed by atoms with Gasteiger partial charge in [-0.1, -0.05) is 18.5 Å². The first-order chi connectivity index (χ1) is 14.4. The van der Waals surface area contributed by atoms with Crippen molar-refractivity contribution in [2.24, 2.45) is 0 Å². The fourth-order valence-electron chi connectivity index (χ4n) is 3.33. The van der Waals surface area contributed by atoms with E-state index in [2.05, 4.69) is 19.9 Å². The largest absolute Gasteiger partial charge is 0.455 e. The molecule has 4 heterocycles. The highest BCUT2D eigenvalue weighted by Gasteiger charge is 2.53. The molecule has 1 aliphatic rings. The summed E-state index contributed by atoms with van der Waals surface area (Å²) < 4.78 is 24.3. The van der Waals surface area contributed by atoms with Gasteiger partial charge in [0.1, 0.15) is 17.6 Å². The number of fused-ring (bicyclic) bond motifs is 1. The summed E-state index contributed by atoms with van der Waals surface area (Å²) in [7, 11) is 0. The third-order valence-electron chi connectivity index (χ3n) is 4.54. The second-order valence-electron chi connectivity index (χ2n) is 6.60. The maximum atomic E-state index is 11.8. The normalized spacial score (nSPS) is 23.6. The number of rotatable bonds is 5. The molecule has 30 heavy (non-hydrogen) atoms. The van der Waals surface area contributed by atoms with E-state index in [0.29, 0.717) is 23.3 Å². The summed E-state index contributed by atoms with van der Waals surface area (Å²) in [6.07, 6.45) is 1.03. The number of carbonyl (C=O) groups excluding carboxylic acids is 2. The molecular formula is C18H18ClN5O6. The molecule has 0 saturated carbocycles. The Morgan fingerprint density at radius 2 is 1.87 bits per heavy atom. The van der Waals surface area contributed by atoms with Crippen molar-refractivity contribution >= 4 is 34.7 Å². The van der Waals surface area contributed by atoms with Crippen molar-refractivity contribution in [3.8, 4) is 0 Å². The van der Waals surface area contributed by atoms with E-state index in [9.17, 15) is 9.59 Å². The second-order valence-corrected chi connectivity index (χ2v) is 6.96. The summed E-state index contributed by atoms with van der Waals surface area (Å²) in [6, 6.07) is 0. The molecule has 1 aliphatic heterocycles. The highest BCUT2D eigenvalue weighted by molar-refractivity contribution is 6.33. The molecule has 0 unspecified atom stereocenters. The number of hydrogen-bond acceptors (Lipinski definition) is 10. The van der Waals surface area contributed by atoms with Crippen LogP contribution in [-0.4, -0.2) is 48.6 Å². The van der Waals surface area contributed by atoms with Gasteiger partial charge in [0, 0.05) is 20.3 Å². The van der Waals surface area contributed by atoms with Crippen molar-refractivity contribution in [2.75, 3.05) is 0 Å². The van der Waals surface area contributed by atoms with Crippen LogP contribution in [0.2, 0.25) is 5.15 Å². The number of esters is 2. The zero-order valence-corrected chi connectivity index (χ0v) is 17.1. The smallest absolute Gasteiger partial charge is 0.303 e. The Hall–Kier alpha value is -3.05. The van der Waals surface area contributed by atoms with Crippen LogP contribution in [-0.2, 0) is 30.2 Å². The first-order valence-electron chi connectivity index (χ1n) is 9.16. The lowest BCUT2D eigenvalue weighted by molar-refractivity contribution is -0.165. The lowest BCUT2D eigenvalue weighted by Crippen LogP contribution is -2.36. The summed E-state index contributed by atoms with van der Waals surface area (Å²) in [5, 5.41) is 0.161. The van der Waals surface area contributed by atoms with Crippen LogP contribution in [0.15, 0.2) is 23.3 Å². The second kappa shape index (κ2) is 8.00. The van der Waals surface area contributed by atoms with E-state index < -0.39 is 36.5 Å². The highest BCUT2D eigenvalue weighted by atomic mass is 35.5. The summed E-state index contributed by atoms with van der Waals surface area (Å²) >= 11 is 6.09. The van der Waals surface area contributed by atoms with E-state index in [1.54, 1.807) is 6.20 Å². The molecule has 4 rings (SSSR count). The number of hydrogen-bond donors (Lipinski definition) is 0. The molecular weight excluding hydrogens is 418 g/mol. The van der Waals surface area contributed by atoms with Gasteiger partial charge < -0.3 is 18.6 Å². The lowest BCUT2D eigenvalue weighted by atomic mass is 10.1. The van der Waals surface area contributed by atoms with Crippen LogP contribution in [0.5, 0.6) is 0 Å². The van der Waals surface area contributed by atoms with Gasteiger partial charge in [-0.2, -0.15) is 0 Å². The number of aryl methyl sites for hydroxylation is 1. The maximum absolute atomic E-state index is 11.8. The molecule has 1 fully saturated rings.